The highest BCUT2D eigenvalue weighted by Crippen LogP contribution is 2.16. The molecule has 58 valence electrons. The topological polar surface area (TPSA) is 64.9 Å². The summed E-state index contributed by atoms with van der Waals surface area (Å²) in [4.78, 5) is 4.03. The van der Waals surface area contributed by atoms with E-state index in [-0.39, 0.29) is 0 Å². The first-order valence-corrected chi connectivity index (χ1v) is 3.30. The number of aromatic nitrogens is 1. The third kappa shape index (κ3) is 1.32. The Morgan fingerprint density at radius 1 is 1.55 bits per heavy atom. The molecule has 3 nitrogen and oxygen atoms in total. The van der Waals surface area contributed by atoms with E-state index >= 15 is 0 Å². The van der Waals surface area contributed by atoms with Crippen molar-refractivity contribution in [3.63, 3.8) is 0 Å². The lowest BCUT2D eigenvalue weighted by atomic mass is 10.2. The molecule has 0 radical (unpaired) electrons. The lowest BCUT2D eigenvalue weighted by molar-refractivity contribution is 1.20. The highest BCUT2D eigenvalue weighted by atomic mass is 14.9. The van der Waals surface area contributed by atoms with Gasteiger partial charge in [0, 0.05) is 5.69 Å². The molecule has 3 heteroatoms. The molecular weight excluding hydrogens is 138 g/mol. The molecule has 0 saturated carbocycles. The molecule has 0 unspecified atom stereocenters. The molecular formula is C8H11N3. The summed E-state index contributed by atoms with van der Waals surface area (Å²) in [5.74, 6) is 0.383. The van der Waals surface area contributed by atoms with Crippen LogP contribution in [0.4, 0.5) is 11.5 Å². The molecule has 1 aromatic heterocycles. The van der Waals surface area contributed by atoms with Gasteiger partial charge in [-0.25, -0.2) is 4.98 Å². The van der Waals surface area contributed by atoms with Gasteiger partial charge in [-0.3, -0.25) is 0 Å². The number of pyridine rings is 1. The van der Waals surface area contributed by atoms with Gasteiger partial charge in [0.1, 0.15) is 5.82 Å². The maximum Gasteiger partial charge on any atom is 0.146 e. The Bertz CT molecular complexity index is 292. The molecule has 0 atom stereocenters. The van der Waals surface area contributed by atoms with Crippen LogP contribution in [0.5, 0.6) is 0 Å². The number of anilines is 2. The number of nitrogen functional groups attached to an aromatic ring is 2. The summed E-state index contributed by atoms with van der Waals surface area (Å²) < 4.78 is 0. The lowest BCUT2D eigenvalue weighted by Gasteiger charge is -2.03. The van der Waals surface area contributed by atoms with Gasteiger partial charge in [-0.2, -0.15) is 0 Å². The van der Waals surface area contributed by atoms with Gasteiger partial charge in [0.25, 0.3) is 0 Å². The van der Waals surface area contributed by atoms with Gasteiger partial charge < -0.3 is 11.5 Å². The first-order chi connectivity index (χ1) is 5.15. The number of hydrogen-bond donors (Lipinski definition) is 2. The molecule has 11 heavy (non-hydrogen) atoms. The van der Waals surface area contributed by atoms with Crippen molar-refractivity contribution in [1.82, 2.24) is 4.98 Å². The molecule has 1 heterocycles. The second kappa shape index (κ2) is 2.62. The van der Waals surface area contributed by atoms with Crippen molar-refractivity contribution in [2.45, 2.75) is 6.92 Å². The first-order valence-electron chi connectivity index (χ1n) is 3.30. The highest BCUT2D eigenvalue weighted by molar-refractivity contribution is 5.65. The predicted molar refractivity (Wildman–Crippen MR) is 47.9 cm³/mol. The average Bonchev–Trinajstić information content (AvgIpc) is 1.97. The molecule has 0 aliphatic heterocycles. The Labute approximate surface area is 65.7 Å². The average molecular weight is 149 g/mol. The predicted octanol–water partition coefficient (Wildman–Crippen LogP) is 1.20. The number of rotatable bonds is 1. The smallest absolute Gasteiger partial charge is 0.146 e. The summed E-state index contributed by atoms with van der Waals surface area (Å²) in [6, 6.07) is 1.77. The van der Waals surface area contributed by atoms with Crippen molar-refractivity contribution in [2.24, 2.45) is 0 Å². The molecule has 0 saturated heterocycles. The van der Waals surface area contributed by atoms with Crippen LogP contribution < -0.4 is 11.5 Å². The third-order valence-electron chi connectivity index (χ3n) is 1.53. The van der Waals surface area contributed by atoms with Gasteiger partial charge in [-0.15, -0.1) is 0 Å². The minimum absolute atomic E-state index is 0.383. The molecule has 0 aliphatic rings. The summed E-state index contributed by atoms with van der Waals surface area (Å²) in [7, 11) is 0. The van der Waals surface area contributed by atoms with E-state index in [0.717, 1.165) is 11.3 Å². The van der Waals surface area contributed by atoms with E-state index < -0.39 is 0 Å². The van der Waals surface area contributed by atoms with Crippen molar-refractivity contribution in [2.75, 3.05) is 11.5 Å². The van der Waals surface area contributed by atoms with Gasteiger partial charge >= 0.3 is 0 Å². The van der Waals surface area contributed by atoms with Crippen molar-refractivity contribution in [3.05, 3.63) is 23.9 Å². The molecule has 1 rings (SSSR count). The molecule has 1 aromatic rings. The van der Waals surface area contributed by atoms with E-state index in [0.29, 0.717) is 11.5 Å². The Hall–Kier alpha value is -1.51. The zero-order valence-electron chi connectivity index (χ0n) is 6.46. The van der Waals surface area contributed by atoms with E-state index in [1.54, 1.807) is 12.1 Å². The number of aryl methyl sites for hydroxylation is 1. The number of nitrogens with two attached hydrogens (primary N) is 2. The van der Waals surface area contributed by atoms with Gasteiger partial charge in [0.05, 0.1) is 5.69 Å². The van der Waals surface area contributed by atoms with E-state index in [1.165, 1.54) is 0 Å². The third-order valence-corrected chi connectivity index (χ3v) is 1.53. The van der Waals surface area contributed by atoms with E-state index in [1.807, 2.05) is 6.92 Å². The summed E-state index contributed by atoms with van der Waals surface area (Å²) in [5, 5.41) is 0. The molecule has 0 bridgehead atoms. The fourth-order valence-corrected chi connectivity index (χ4v) is 0.862. The van der Waals surface area contributed by atoms with Gasteiger partial charge in [0.15, 0.2) is 0 Å². The molecule has 0 spiro atoms. The Kier molecular flexibility index (Phi) is 1.81. The highest BCUT2D eigenvalue weighted by Gasteiger charge is 1.99. The quantitative estimate of drug-likeness (QED) is 0.630. The maximum atomic E-state index is 5.53. The molecule has 4 N–H and O–H groups in total. The van der Waals surface area contributed by atoms with Crippen LogP contribution in [-0.2, 0) is 0 Å². The van der Waals surface area contributed by atoms with Gasteiger partial charge in [-0.1, -0.05) is 12.7 Å². The van der Waals surface area contributed by atoms with Crippen LogP contribution in [0.25, 0.3) is 6.08 Å². The Morgan fingerprint density at radius 2 is 2.18 bits per heavy atom. The fourth-order valence-electron chi connectivity index (χ4n) is 0.862. The molecule has 0 amide bonds. The van der Waals surface area contributed by atoms with E-state index in [2.05, 4.69) is 11.6 Å². The van der Waals surface area contributed by atoms with Crippen molar-refractivity contribution in [1.29, 1.82) is 0 Å². The summed E-state index contributed by atoms with van der Waals surface area (Å²) in [5.41, 5.74) is 13.3. The molecule has 0 aromatic carbocycles. The fraction of sp³-hybridized carbons (Fsp3) is 0.125. The van der Waals surface area contributed by atoms with E-state index in [9.17, 15) is 0 Å². The van der Waals surface area contributed by atoms with Crippen molar-refractivity contribution in [3.8, 4) is 0 Å². The van der Waals surface area contributed by atoms with Crippen LogP contribution in [-0.4, -0.2) is 4.98 Å². The minimum Gasteiger partial charge on any atom is -0.396 e. The van der Waals surface area contributed by atoms with Crippen LogP contribution in [0.3, 0.4) is 0 Å². The summed E-state index contributed by atoms with van der Waals surface area (Å²) in [6.45, 7) is 5.49. The normalized spacial score (nSPS) is 9.55. The van der Waals surface area contributed by atoms with Crippen LogP contribution in [0.15, 0.2) is 12.6 Å². The number of hydrogen-bond acceptors (Lipinski definition) is 3. The molecule has 0 aliphatic carbocycles. The second-order valence-electron chi connectivity index (χ2n) is 2.34. The van der Waals surface area contributed by atoms with Crippen LogP contribution in [0.2, 0.25) is 0 Å². The standard InChI is InChI=1S/C8H11N3/c1-3-6-4-7(9)8(10)11-5(6)2/h3-4H,1,9H2,2H3,(H2,10,11). The largest absolute Gasteiger partial charge is 0.396 e. The van der Waals surface area contributed by atoms with E-state index in [4.69, 9.17) is 11.5 Å². The lowest BCUT2D eigenvalue weighted by Crippen LogP contribution is -2.00. The zero-order valence-corrected chi connectivity index (χ0v) is 6.46. The second-order valence-corrected chi connectivity index (χ2v) is 2.34. The van der Waals surface area contributed by atoms with Crippen molar-refractivity contribution < 1.29 is 0 Å². The first kappa shape index (κ1) is 7.60. The van der Waals surface area contributed by atoms with Crippen LogP contribution in [0, 0.1) is 6.92 Å². The SMILES string of the molecule is C=Cc1cc(N)c(N)nc1C. The van der Waals surface area contributed by atoms with Crippen LogP contribution >= 0.6 is 0 Å². The maximum absolute atomic E-state index is 5.53. The minimum atomic E-state index is 0.383. The van der Waals surface area contributed by atoms with Crippen molar-refractivity contribution >= 4 is 17.6 Å². The number of nitrogens with zero attached hydrogens (tertiary/aromatic N) is 1. The summed E-state index contributed by atoms with van der Waals surface area (Å²) in [6.07, 6.45) is 1.71. The monoisotopic (exact) mass is 149 g/mol. The Balaban J connectivity index is 3.31. The van der Waals surface area contributed by atoms with Crippen LogP contribution in [0.1, 0.15) is 11.3 Å². The van der Waals surface area contributed by atoms with Gasteiger partial charge in [0.2, 0.25) is 0 Å². The van der Waals surface area contributed by atoms with Gasteiger partial charge in [-0.05, 0) is 18.6 Å². The molecule has 0 fully saturated rings. The zero-order chi connectivity index (χ0) is 8.43. The summed E-state index contributed by atoms with van der Waals surface area (Å²) >= 11 is 0. The Morgan fingerprint density at radius 3 is 2.73 bits per heavy atom.